The van der Waals surface area contributed by atoms with Gasteiger partial charge in [0, 0.05) is 17.7 Å². The number of nitrogens with two attached hydrogens (primary N) is 1. The van der Waals surface area contributed by atoms with Crippen molar-refractivity contribution < 1.29 is 14.6 Å². The standard InChI is InChI=1S/C12H15BrN2O3/c13-8-1-2-10(16)9(7-8)15-11(17)12(14)3-5-18-6-4-12/h1-2,7,16H,3-6,14H2,(H,15,17). The molecule has 4 N–H and O–H groups in total. The van der Waals surface area contributed by atoms with Crippen molar-refractivity contribution in [3.8, 4) is 5.75 Å². The topological polar surface area (TPSA) is 84.6 Å². The van der Waals surface area contributed by atoms with Crippen LogP contribution in [0.3, 0.4) is 0 Å². The number of ether oxygens (including phenoxy) is 1. The summed E-state index contributed by atoms with van der Waals surface area (Å²) in [6.07, 6.45) is 0.960. The summed E-state index contributed by atoms with van der Waals surface area (Å²) in [5, 5.41) is 12.3. The van der Waals surface area contributed by atoms with Gasteiger partial charge in [-0.05, 0) is 31.0 Å². The Hall–Kier alpha value is -1.11. The van der Waals surface area contributed by atoms with E-state index < -0.39 is 5.54 Å². The maximum atomic E-state index is 12.1. The molecule has 0 aromatic heterocycles. The fourth-order valence-corrected chi connectivity index (χ4v) is 2.18. The summed E-state index contributed by atoms with van der Waals surface area (Å²) >= 11 is 3.28. The lowest BCUT2D eigenvalue weighted by Crippen LogP contribution is -2.54. The van der Waals surface area contributed by atoms with Crippen LogP contribution in [0, 0.1) is 0 Å². The van der Waals surface area contributed by atoms with Gasteiger partial charge in [0.1, 0.15) is 11.3 Å². The van der Waals surface area contributed by atoms with Crippen molar-refractivity contribution in [1.82, 2.24) is 0 Å². The predicted molar refractivity (Wildman–Crippen MR) is 71.4 cm³/mol. The third-order valence-electron chi connectivity index (χ3n) is 3.04. The van der Waals surface area contributed by atoms with E-state index in [1.54, 1.807) is 12.1 Å². The van der Waals surface area contributed by atoms with Crippen LogP contribution in [0.25, 0.3) is 0 Å². The minimum Gasteiger partial charge on any atom is -0.506 e. The molecule has 1 heterocycles. The van der Waals surface area contributed by atoms with E-state index in [2.05, 4.69) is 21.2 Å². The largest absolute Gasteiger partial charge is 0.506 e. The van der Waals surface area contributed by atoms with Gasteiger partial charge in [0.2, 0.25) is 5.91 Å². The highest BCUT2D eigenvalue weighted by molar-refractivity contribution is 9.10. The monoisotopic (exact) mass is 314 g/mol. The first kappa shape index (κ1) is 13.3. The number of phenolic OH excluding ortho intramolecular Hbond substituents is 1. The van der Waals surface area contributed by atoms with Gasteiger partial charge >= 0.3 is 0 Å². The van der Waals surface area contributed by atoms with Crippen molar-refractivity contribution in [2.75, 3.05) is 18.5 Å². The number of rotatable bonds is 2. The number of carbonyl (C=O) groups excluding carboxylic acids is 1. The molecule has 2 rings (SSSR count). The van der Waals surface area contributed by atoms with Gasteiger partial charge in [0.25, 0.3) is 0 Å². The second kappa shape index (κ2) is 5.26. The van der Waals surface area contributed by atoms with Crippen LogP contribution in [0.5, 0.6) is 5.75 Å². The van der Waals surface area contributed by atoms with E-state index in [1.807, 2.05) is 0 Å². The first-order valence-corrected chi connectivity index (χ1v) is 6.47. The quantitative estimate of drug-likeness (QED) is 0.724. The zero-order chi connectivity index (χ0) is 13.2. The number of anilines is 1. The number of hydrogen-bond donors (Lipinski definition) is 3. The van der Waals surface area contributed by atoms with Crippen LogP contribution in [0.4, 0.5) is 5.69 Å². The average molecular weight is 315 g/mol. The zero-order valence-corrected chi connectivity index (χ0v) is 11.4. The van der Waals surface area contributed by atoms with Gasteiger partial charge in [0.05, 0.1) is 5.69 Å². The van der Waals surface area contributed by atoms with Crippen LogP contribution in [0.2, 0.25) is 0 Å². The minimum atomic E-state index is -0.924. The van der Waals surface area contributed by atoms with Crippen molar-refractivity contribution >= 4 is 27.5 Å². The van der Waals surface area contributed by atoms with E-state index in [0.29, 0.717) is 31.7 Å². The smallest absolute Gasteiger partial charge is 0.244 e. The number of phenols is 1. The summed E-state index contributed by atoms with van der Waals surface area (Å²) in [4.78, 5) is 12.1. The Morgan fingerprint density at radius 3 is 2.78 bits per heavy atom. The van der Waals surface area contributed by atoms with Crippen molar-refractivity contribution in [3.63, 3.8) is 0 Å². The molecule has 1 aromatic carbocycles. The summed E-state index contributed by atoms with van der Waals surface area (Å²) in [6, 6.07) is 4.83. The third-order valence-corrected chi connectivity index (χ3v) is 3.54. The van der Waals surface area contributed by atoms with Crippen LogP contribution < -0.4 is 11.1 Å². The molecule has 1 saturated heterocycles. The highest BCUT2D eigenvalue weighted by Gasteiger charge is 2.36. The second-order valence-electron chi connectivity index (χ2n) is 4.38. The highest BCUT2D eigenvalue weighted by atomic mass is 79.9. The van der Waals surface area contributed by atoms with Crippen LogP contribution in [0.15, 0.2) is 22.7 Å². The lowest BCUT2D eigenvalue weighted by Gasteiger charge is -2.31. The van der Waals surface area contributed by atoms with Crippen LogP contribution in [0.1, 0.15) is 12.8 Å². The molecule has 0 aliphatic carbocycles. The molecule has 5 nitrogen and oxygen atoms in total. The Kier molecular flexibility index (Phi) is 3.89. The SMILES string of the molecule is NC1(C(=O)Nc2cc(Br)ccc2O)CCOCC1. The molecule has 1 aliphatic heterocycles. The first-order valence-electron chi connectivity index (χ1n) is 5.68. The van der Waals surface area contributed by atoms with Gasteiger partial charge in [-0.3, -0.25) is 4.79 Å². The second-order valence-corrected chi connectivity index (χ2v) is 5.30. The lowest BCUT2D eigenvalue weighted by molar-refractivity contribution is -0.124. The predicted octanol–water partition coefficient (Wildman–Crippen LogP) is 1.60. The zero-order valence-electron chi connectivity index (χ0n) is 9.78. The molecule has 0 saturated carbocycles. The van der Waals surface area contributed by atoms with E-state index in [1.165, 1.54) is 6.07 Å². The van der Waals surface area contributed by atoms with E-state index in [0.717, 1.165) is 4.47 Å². The Bertz CT molecular complexity index is 459. The highest BCUT2D eigenvalue weighted by Crippen LogP contribution is 2.28. The summed E-state index contributed by atoms with van der Waals surface area (Å²) in [5.74, 6) is -0.276. The molecule has 0 atom stereocenters. The number of benzene rings is 1. The molecular weight excluding hydrogens is 300 g/mol. The molecule has 1 amide bonds. The molecule has 1 aliphatic rings. The van der Waals surface area contributed by atoms with Crippen molar-refractivity contribution in [2.45, 2.75) is 18.4 Å². The van der Waals surface area contributed by atoms with Crippen LogP contribution >= 0.6 is 15.9 Å². The summed E-state index contributed by atoms with van der Waals surface area (Å²) in [5.41, 5.74) is 5.48. The van der Waals surface area contributed by atoms with E-state index in [9.17, 15) is 9.90 Å². The molecule has 0 bridgehead atoms. The molecule has 6 heteroatoms. The maximum absolute atomic E-state index is 12.1. The van der Waals surface area contributed by atoms with Crippen molar-refractivity contribution in [3.05, 3.63) is 22.7 Å². The third kappa shape index (κ3) is 2.82. The van der Waals surface area contributed by atoms with Gasteiger partial charge in [-0.25, -0.2) is 0 Å². The normalized spacial score (nSPS) is 18.3. The van der Waals surface area contributed by atoms with E-state index >= 15 is 0 Å². The average Bonchev–Trinajstić information content (AvgIpc) is 2.35. The number of halogens is 1. The fraction of sp³-hybridized carbons (Fsp3) is 0.417. The van der Waals surface area contributed by atoms with Crippen LogP contribution in [-0.2, 0) is 9.53 Å². The molecule has 1 aromatic rings. The molecule has 0 spiro atoms. The number of hydrogen-bond acceptors (Lipinski definition) is 4. The number of aromatic hydroxyl groups is 1. The summed E-state index contributed by atoms with van der Waals surface area (Å²) in [6.45, 7) is 0.961. The first-order chi connectivity index (χ1) is 8.51. The molecular formula is C12H15BrN2O3. The number of nitrogens with one attached hydrogen (secondary N) is 1. The van der Waals surface area contributed by atoms with E-state index in [4.69, 9.17) is 10.5 Å². The van der Waals surface area contributed by atoms with Crippen molar-refractivity contribution in [2.24, 2.45) is 5.73 Å². The molecule has 1 fully saturated rings. The lowest BCUT2D eigenvalue weighted by atomic mass is 9.90. The summed E-state index contributed by atoms with van der Waals surface area (Å²) in [7, 11) is 0. The van der Waals surface area contributed by atoms with Crippen LogP contribution in [-0.4, -0.2) is 29.8 Å². The number of amides is 1. The Morgan fingerprint density at radius 1 is 1.44 bits per heavy atom. The number of carbonyl (C=O) groups is 1. The van der Waals surface area contributed by atoms with Crippen molar-refractivity contribution in [1.29, 1.82) is 0 Å². The Morgan fingerprint density at radius 2 is 2.11 bits per heavy atom. The minimum absolute atomic E-state index is 0.0159. The van der Waals surface area contributed by atoms with Gasteiger partial charge in [0.15, 0.2) is 0 Å². The Labute approximate surface area is 113 Å². The molecule has 18 heavy (non-hydrogen) atoms. The van der Waals surface area contributed by atoms with Gasteiger partial charge in [-0.15, -0.1) is 0 Å². The van der Waals surface area contributed by atoms with Gasteiger partial charge in [-0.1, -0.05) is 15.9 Å². The Balaban J connectivity index is 2.13. The summed E-state index contributed by atoms with van der Waals surface area (Å²) < 4.78 is 5.96. The maximum Gasteiger partial charge on any atom is 0.244 e. The van der Waals surface area contributed by atoms with Gasteiger partial charge < -0.3 is 20.9 Å². The molecule has 98 valence electrons. The van der Waals surface area contributed by atoms with E-state index in [-0.39, 0.29) is 11.7 Å². The fourth-order valence-electron chi connectivity index (χ4n) is 1.82. The van der Waals surface area contributed by atoms with Gasteiger partial charge in [-0.2, -0.15) is 0 Å². The molecule has 0 unspecified atom stereocenters. The molecule has 0 radical (unpaired) electrons.